The lowest BCUT2D eigenvalue weighted by Crippen LogP contribution is -2.56. The number of likely N-dealkylation sites (tertiary alicyclic amines) is 1. The fourth-order valence-electron chi connectivity index (χ4n) is 7.32. The third-order valence-electron chi connectivity index (χ3n) is 10.0. The van der Waals surface area contributed by atoms with Crippen LogP contribution < -0.4 is 14.2 Å². The summed E-state index contributed by atoms with van der Waals surface area (Å²) in [6.07, 6.45) is 8.71. The Balaban J connectivity index is 1.27. The number of amides is 1. The van der Waals surface area contributed by atoms with Gasteiger partial charge in [-0.1, -0.05) is 61.5 Å². The molecule has 0 bridgehead atoms. The molecule has 7 nitrogen and oxygen atoms in total. The average molecular weight is 687 g/mol. The Kier molecular flexibility index (Phi) is 10.1. The summed E-state index contributed by atoms with van der Waals surface area (Å²) in [5.74, 6) is -3.26. The number of hydrogen-bond acceptors (Lipinski definition) is 5. The first kappa shape index (κ1) is 33.7. The highest BCUT2D eigenvalue weighted by Gasteiger charge is 2.52. The maximum absolute atomic E-state index is 16.6. The van der Waals surface area contributed by atoms with E-state index in [-0.39, 0.29) is 22.5 Å². The van der Waals surface area contributed by atoms with Crippen LogP contribution in [0.4, 0.5) is 8.78 Å². The molecule has 1 amide bonds. The van der Waals surface area contributed by atoms with E-state index in [1.807, 2.05) is 0 Å². The van der Waals surface area contributed by atoms with Crippen molar-refractivity contribution in [3.63, 3.8) is 0 Å². The SMILES string of the molecule is COc1cc(C(F)(F)[C@H](NS(=O)(=O)c2ccc(OCC3CCCCC3)cc2)C(=O)N2C[C@H]3CCC[C@H]3C2)ccc1-c1ccc(Cl)cc1. The van der Waals surface area contributed by atoms with Crippen LogP contribution in [0.2, 0.25) is 5.02 Å². The van der Waals surface area contributed by atoms with Crippen molar-refractivity contribution in [2.75, 3.05) is 26.8 Å². The molecule has 3 aromatic rings. The molecule has 0 spiro atoms. The molecule has 2 saturated carbocycles. The second-order valence-electron chi connectivity index (χ2n) is 13.1. The summed E-state index contributed by atoms with van der Waals surface area (Å²) in [6.45, 7) is 1.22. The van der Waals surface area contributed by atoms with Crippen molar-refractivity contribution < 1.29 is 31.5 Å². The second kappa shape index (κ2) is 14.1. The van der Waals surface area contributed by atoms with Crippen molar-refractivity contribution in [2.24, 2.45) is 17.8 Å². The van der Waals surface area contributed by atoms with E-state index in [0.717, 1.165) is 38.2 Å². The Morgan fingerprint density at radius 1 is 0.936 bits per heavy atom. The monoisotopic (exact) mass is 686 g/mol. The van der Waals surface area contributed by atoms with Gasteiger partial charge < -0.3 is 14.4 Å². The molecule has 1 heterocycles. The molecule has 1 aliphatic heterocycles. The predicted octanol–water partition coefficient (Wildman–Crippen LogP) is 7.67. The molecule has 1 N–H and O–H groups in total. The van der Waals surface area contributed by atoms with Gasteiger partial charge in [0.25, 0.3) is 5.92 Å². The molecule has 0 unspecified atom stereocenters. The fourth-order valence-corrected chi connectivity index (χ4v) is 8.63. The minimum atomic E-state index is -4.54. The molecule has 3 atom stereocenters. The fraction of sp³-hybridized carbons (Fsp3) is 0.472. The lowest BCUT2D eigenvalue weighted by atomic mass is 9.90. The smallest absolute Gasteiger partial charge is 0.298 e. The van der Waals surface area contributed by atoms with E-state index in [2.05, 4.69) is 4.72 Å². The molecule has 3 fully saturated rings. The molecular weight excluding hydrogens is 646 g/mol. The Labute approximate surface area is 280 Å². The van der Waals surface area contributed by atoms with E-state index in [4.69, 9.17) is 21.1 Å². The predicted molar refractivity (Wildman–Crippen MR) is 177 cm³/mol. The number of fused-ring (bicyclic) bond motifs is 1. The number of halogens is 3. The molecule has 11 heteroatoms. The zero-order valence-corrected chi connectivity index (χ0v) is 28.0. The van der Waals surface area contributed by atoms with Gasteiger partial charge in [0, 0.05) is 29.2 Å². The zero-order valence-electron chi connectivity index (χ0n) is 26.5. The quantitative estimate of drug-likeness (QED) is 0.224. The zero-order chi connectivity index (χ0) is 33.2. The van der Waals surface area contributed by atoms with Gasteiger partial charge >= 0.3 is 0 Å². The number of nitrogens with one attached hydrogen (secondary N) is 1. The Morgan fingerprint density at radius 3 is 2.23 bits per heavy atom. The summed E-state index contributed by atoms with van der Waals surface area (Å²) in [5, 5.41) is 0.525. The minimum Gasteiger partial charge on any atom is -0.496 e. The van der Waals surface area contributed by atoms with Crippen LogP contribution in [0.25, 0.3) is 11.1 Å². The van der Waals surface area contributed by atoms with Gasteiger partial charge in [-0.15, -0.1) is 0 Å². The molecule has 3 aliphatic rings. The van der Waals surface area contributed by atoms with E-state index in [0.29, 0.717) is 47.5 Å². The molecule has 252 valence electrons. The largest absolute Gasteiger partial charge is 0.496 e. The molecule has 6 rings (SSSR count). The lowest BCUT2D eigenvalue weighted by molar-refractivity contribution is -0.143. The average Bonchev–Trinajstić information content (AvgIpc) is 3.70. The number of alkyl halides is 2. The number of sulfonamides is 1. The van der Waals surface area contributed by atoms with Crippen LogP contribution in [-0.2, 0) is 20.7 Å². The molecule has 0 radical (unpaired) electrons. The highest BCUT2D eigenvalue weighted by atomic mass is 35.5. The van der Waals surface area contributed by atoms with Gasteiger partial charge in [0.15, 0.2) is 6.04 Å². The summed E-state index contributed by atoms with van der Waals surface area (Å²) in [7, 11) is -3.18. The molecule has 1 saturated heterocycles. The van der Waals surface area contributed by atoms with Crippen LogP contribution in [0.3, 0.4) is 0 Å². The molecule has 3 aromatic carbocycles. The normalized spacial score (nSPS) is 21.0. The van der Waals surface area contributed by atoms with Crippen molar-refractivity contribution in [2.45, 2.75) is 68.2 Å². The van der Waals surface area contributed by atoms with E-state index in [1.54, 1.807) is 24.3 Å². The van der Waals surface area contributed by atoms with Crippen molar-refractivity contribution >= 4 is 27.5 Å². The number of carbonyl (C=O) groups excluding carboxylic acids is 1. The van der Waals surface area contributed by atoms with Crippen molar-refractivity contribution in [1.29, 1.82) is 0 Å². The summed E-state index contributed by atoms with van der Waals surface area (Å²) in [6, 6.07) is 14.0. The number of ether oxygens (including phenoxy) is 2. The van der Waals surface area contributed by atoms with Gasteiger partial charge in [0.1, 0.15) is 11.5 Å². The van der Waals surface area contributed by atoms with Crippen LogP contribution in [0.5, 0.6) is 11.5 Å². The van der Waals surface area contributed by atoms with Crippen LogP contribution >= 0.6 is 11.6 Å². The van der Waals surface area contributed by atoms with Gasteiger partial charge in [0.2, 0.25) is 15.9 Å². The highest BCUT2D eigenvalue weighted by molar-refractivity contribution is 7.89. The standard InChI is InChI=1S/C36H41ClF2N2O5S/c1-45-33-20-28(12-19-32(33)25-10-13-29(37)14-11-25)36(38,39)34(35(42)41-21-26-8-5-9-27(26)22-41)40-47(43,44)31-17-15-30(16-18-31)46-23-24-6-3-2-4-7-24/h10-20,24,26-27,34,40H,2-9,21-23H2,1H3/t26-,27+,34-/m1/s1. The summed E-state index contributed by atoms with van der Waals surface area (Å²) < 4.78 is 74.1. The van der Waals surface area contributed by atoms with Gasteiger partial charge in [-0.3, -0.25) is 4.79 Å². The molecule has 0 aromatic heterocycles. The first-order valence-corrected chi connectivity index (χ1v) is 18.3. The number of carbonyl (C=O) groups is 1. The van der Waals surface area contributed by atoms with Crippen LogP contribution in [0, 0.1) is 17.8 Å². The summed E-state index contributed by atoms with van der Waals surface area (Å²) >= 11 is 6.03. The van der Waals surface area contributed by atoms with E-state index < -0.39 is 33.5 Å². The number of hydrogen-bond donors (Lipinski definition) is 1. The minimum absolute atomic E-state index is 0.151. The maximum atomic E-state index is 16.6. The summed E-state index contributed by atoms with van der Waals surface area (Å²) in [5.41, 5.74) is 0.702. The molecule has 47 heavy (non-hydrogen) atoms. The Bertz CT molecular complexity index is 1650. The van der Waals surface area contributed by atoms with Crippen molar-refractivity contribution in [3.05, 3.63) is 77.3 Å². The van der Waals surface area contributed by atoms with Crippen LogP contribution in [-0.4, -0.2) is 52.1 Å². The Hall–Kier alpha value is -3.21. The van der Waals surface area contributed by atoms with E-state index >= 15 is 8.78 Å². The molecule has 2 aliphatic carbocycles. The number of methoxy groups -OCH3 is 1. The van der Waals surface area contributed by atoms with E-state index in [1.165, 1.54) is 67.7 Å². The van der Waals surface area contributed by atoms with E-state index in [9.17, 15) is 13.2 Å². The van der Waals surface area contributed by atoms with Gasteiger partial charge in [-0.05, 0) is 91.5 Å². The second-order valence-corrected chi connectivity index (χ2v) is 15.2. The summed E-state index contributed by atoms with van der Waals surface area (Å²) in [4.78, 5) is 15.1. The Morgan fingerprint density at radius 2 is 1.60 bits per heavy atom. The maximum Gasteiger partial charge on any atom is 0.298 e. The first-order valence-electron chi connectivity index (χ1n) is 16.4. The molecular formula is C36H41ClF2N2O5S. The number of rotatable bonds is 11. The topological polar surface area (TPSA) is 84.9 Å². The lowest BCUT2D eigenvalue weighted by Gasteiger charge is -2.31. The highest BCUT2D eigenvalue weighted by Crippen LogP contribution is 2.42. The van der Waals surface area contributed by atoms with Crippen LogP contribution in [0.1, 0.15) is 56.9 Å². The third-order valence-corrected chi connectivity index (χ3v) is 11.7. The number of benzene rings is 3. The number of nitrogens with zero attached hydrogens (tertiary/aromatic N) is 1. The van der Waals surface area contributed by atoms with Gasteiger partial charge in [-0.2, -0.15) is 13.5 Å². The van der Waals surface area contributed by atoms with Crippen molar-refractivity contribution in [3.8, 4) is 22.6 Å². The van der Waals surface area contributed by atoms with Gasteiger partial charge in [0.05, 0.1) is 18.6 Å². The van der Waals surface area contributed by atoms with Crippen LogP contribution in [0.15, 0.2) is 71.6 Å². The van der Waals surface area contributed by atoms with Gasteiger partial charge in [-0.25, -0.2) is 8.42 Å². The van der Waals surface area contributed by atoms with Crippen molar-refractivity contribution in [1.82, 2.24) is 9.62 Å². The first-order chi connectivity index (χ1) is 22.5. The third kappa shape index (κ3) is 7.44.